The quantitative estimate of drug-likeness (QED) is 0.720. The van der Waals surface area contributed by atoms with Crippen LogP contribution in [0.3, 0.4) is 0 Å². The molecule has 110 valence electrons. The lowest BCUT2D eigenvalue weighted by molar-refractivity contribution is 0.559. The van der Waals surface area contributed by atoms with Crippen LogP contribution in [0.4, 0.5) is 0 Å². The highest BCUT2D eigenvalue weighted by Gasteiger charge is 2.12. The van der Waals surface area contributed by atoms with Gasteiger partial charge in [0.05, 0.1) is 5.69 Å². The number of imidazole rings is 1. The molecule has 0 saturated carbocycles. The third-order valence-electron chi connectivity index (χ3n) is 3.80. The lowest BCUT2D eigenvalue weighted by Crippen LogP contribution is -2.21. The molecule has 2 heterocycles. The first kappa shape index (κ1) is 14.3. The van der Waals surface area contributed by atoms with Crippen LogP contribution in [0, 0.1) is 0 Å². The van der Waals surface area contributed by atoms with Gasteiger partial charge < -0.3 is 5.32 Å². The van der Waals surface area contributed by atoms with E-state index in [0.717, 1.165) is 30.9 Å². The fourth-order valence-electron chi connectivity index (χ4n) is 2.65. The molecular weight excluding hydrogens is 278 g/mol. The van der Waals surface area contributed by atoms with Crippen molar-refractivity contribution in [3.8, 4) is 0 Å². The minimum absolute atomic E-state index is 0.547. The third-order valence-corrected chi connectivity index (χ3v) is 4.57. The van der Waals surface area contributed by atoms with E-state index in [0.29, 0.717) is 5.92 Å². The van der Waals surface area contributed by atoms with Crippen LogP contribution in [0.1, 0.15) is 30.5 Å². The first-order valence-electron chi connectivity index (χ1n) is 7.53. The van der Waals surface area contributed by atoms with Gasteiger partial charge in [-0.15, -0.1) is 11.3 Å². The SMILES string of the molecule is CCNCC(CCc1cn2ccsc2n1)c1ccccc1. The average molecular weight is 299 g/mol. The number of hydrogen-bond donors (Lipinski definition) is 1. The summed E-state index contributed by atoms with van der Waals surface area (Å²) < 4.78 is 2.11. The van der Waals surface area contributed by atoms with Gasteiger partial charge in [0.25, 0.3) is 0 Å². The molecule has 1 N–H and O–H groups in total. The zero-order valence-electron chi connectivity index (χ0n) is 12.3. The summed E-state index contributed by atoms with van der Waals surface area (Å²) in [6.45, 7) is 4.21. The molecule has 3 rings (SSSR count). The van der Waals surface area contributed by atoms with Crippen molar-refractivity contribution in [3.63, 3.8) is 0 Å². The molecule has 0 saturated heterocycles. The van der Waals surface area contributed by atoms with Gasteiger partial charge in [-0.3, -0.25) is 4.40 Å². The standard InChI is InChI=1S/C17H21N3S/c1-2-18-12-15(14-6-4-3-5-7-14)8-9-16-13-20-10-11-21-17(20)19-16/h3-7,10-11,13,15,18H,2,8-9,12H2,1H3. The average Bonchev–Trinajstić information content (AvgIpc) is 3.09. The summed E-state index contributed by atoms with van der Waals surface area (Å²) in [6.07, 6.45) is 6.38. The van der Waals surface area contributed by atoms with Crippen LogP contribution < -0.4 is 5.32 Å². The predicted octanol–water partition coefficient (Wildman–Crippen LogP) is 3.72. The molecule has 0 aliphatic rings. The van der Waals surface area contributed by atoms with E-state index in [1.807, 2.05) is 0 Å². The van der Waals surface area contributed by atoms with Gasteiger partial charge >= 0.3 is 0 Å². The number of aromatic nitrogens is 2. The largest absolute Gasteiger partial charge is 0.316 e. The molecule has 0 spiro atoms. The van der Waals surface area contributed by atoms with Crippen LogP contribution in [0.5, 0.6) is 0 Å². The van der Waals surface area contributed by atoms with Gasteiger partial charge in [-0.1, -0.05) is 37.3 Å². The molecular formula is C17H21N3S. The molecule has 3 aromatic rings. The van der Waals surface area contributed by atoms with Crippen molar-refractivity contribution in [2.24, 2.45) is 0 Å². The Kier molecular flexibility index (Phi) is 4.68. The maximum Gasteiger partial charge on any atom is 0.193 e. The monoisotopic (exact) mass is 299 g/mol. The van der Waals surface area contributed by atoms with Gasteiger partial charge in [-0.05, 0) is 30.9 Å². The summed E-state index contributed by atoms with van der Waals surface area (Å²) in [5.74, 6) is 0.547. The van der Waals surface area contributed by atoms with E-state index in [9.17, 15) is 0 Å². The second-order valence-corrected chi connectivity index (χ2v) is 6.15. The van der Waals surface area contributed by atoms with Crippen LogP contribution in [0.15, 0.2) is 48.1 Å². The van der Waals surface area contributed by atoms with Crippen LogP contribution in [0.2, 0.25) is 0 Å². The molecule has 0 amide bonds. The van der Waals surface area contributed by atoms with Crippen molar-refractivity contribution in [2.45, 2.75) is 25.7 Å². The summed E-state index contributed by atoms with van der Waals surface area (Å²) in [6, 6.07) is 10.8. The van der Waals surface area contributed by atoms with Crippen LogP contribution >= 0.6 is 11.3 Å². The van der Waals surface area contributed by atoms with Gasteiger partial charge in [0, 0.05) is 24.3 Å². The first-order chi connectivity index (χ1) is 10.4. The Bertz CT molecular complexity index is 643. The van der Waals surface area contributed by atoms with Crippen molar-refractivity contribution < 1.29 is 0 Å². The minimum atomic E-state index is 0.547. The van der Waals surface area contributed by atoms with Gasteiger partial charge in [-0.2, -0.15) is 0 Å². The number of hydrogen-bond acceptors (Lipinski definition) is 3. The fourth-order valence-corrected chi connectivity index (χ4v) is 3.37. The molecule has 3 nitrogen and oxygen atoms in total. The highest BCUT2D eigenvalue weighted by molar-refractivity contribution is 7.15. The summed E-state index contributed by atoms with van der Waals surface area (Å²) in [5.41, 5.74) is 2.61. The Morgan fingerprint density at radius 2 is 2.14 bits per heavy atom. The minimum Gasteiger partial charge on any atom is -0.316 e. The fraction of sp³-hybridized carbons (Fsp3) is 0.353. The summed E-state index contributed by atoms with van der Waals surface area (Å²) >= 11 is 1.69. The van der Waals surface area contributed by atoms with Gasteiger partial charge in [0.1, 0.15) is 0 Å². The van der Waals surface area contributed by atoms with E-state index in [4.69, 9.17) is 0 Å². The molecule has 2 aromatic heterocycles. The number of rotatable bonds is 7. The zero-order chi connectivity index (χ0) is 14.5. The molecule has 21 heavy (non-hydrogen) atoms. The van der Waals surface area contributed by atoms with E-state index < -0.39 is 0 Å². The summed E-state index contributed by atoms with van der Waals surface area (Å²) in [7, 11) is 0. The lowest BCUT2D eigenvalue weighted by Gasteiger charge is -2.17. The van der Waals surface area contributed by atoms with E-state index in [-0.39, 0.29) is 0 Å². The Hall–Kier alpha value is -1.65. The topological polar surface area (TPSA) is 29.3 Å². The van der Waals surface area contributed by atoms with Gasteiger partial charge in [-0.25, -0.2) is 4.98 Å². The number of aryl methyl sites for hydroxylation is 1. The van der Waals surface area contributed by atoms with Crippen molar-refractivity contribution in [3.05, 3.63) is 59.4 Å². The smallest absolute Gasteiger partial charge is 0.193 e. The number of nitrogens with one attached hydrogen (secondary N) is 1. The second-order valence-electron chi connectivity index (χ2n) is 5.28. The van der Waals surface area contributed by atoms with E-state index in [1.165, 1.54) is 11.3 Å². The van der Waals surface area contributed by atoms with Crippen molar-refractivity contribution >= 4 is 16.3 Å². The summed E-state index contributed by atoms with van der Waals surface area (Å²) in [4.78, 5) is 5.77. The molecule has 0 radical (unpaired) electrons. The number of thiazole rings is 1. The molecule has 1 aromatic carbocycles. The normalized spacial score (nSPS) is 12.8. The van der Waals surface area contributed by atoms with Crippen LogP contribution in [-0.4, -0.2) is 22.5 Å². The lowest BCUT2D eigenvalue weighted by atomic mass is 9.93. The molecule has 0 aliphatic heterocycles. The van der Waals surface area contributed by atoms with Crippen molar-refractivity contribution in [1.82, 2.24) is 14.7 Å². The van der Waals surface area contributed by atoms with Gasteiger partial charge in [0.15, 0.2) is 4.96 Å². The highest BCUT2D eigenvalue weighted by atomic mass is 32.1. The van der Waals surface area contributed by atoms with Crippen molar-refractivity contribution in [1.29, 1.82) is 0 Å². The number of likely N-dealkylation sites (N-methyl/N-ethyl adjacent to an activating group) is 1. The van der Waals surface area contributed by atoms with Gasteiger partial charge in [0.2, 0.25) is 0 Å². The Labute approximate surface area is 129 Å². The predicted molar refractivity (Wildman–Crippen MR) is 89.1 cm³/mol. The van der Waals surface area contributed by atoms with Crippen LogP contribution in [-0.2, 0) is 6.42 Å². The highest BCUT2D eigenvalue weighted by Crippen LogP contribution is 2.21. The van der Waals surface area contributed by atoms with Crippen molar-refractivity contribution in [2.75, 3.05) is 13.1 Å². The zero-order valence-corrected chi connectivity index (χ0v) is 13.1. The Morgan fingerprint density at radius 1 is 1.29 bits per heavy atom. The molecule has 1 atom stereocenters. The summed E-state index contributed by atoms with van der Waals surface area (Å²) in [5, 5.41) is 5.55. The molecule has 4 heteroatoms. The number of nitrogens with zero attached hydrogens (tertiary/aromatic N) is 2. The maximum absolute atomic E-state index is 4.68. The van der Waals surface area contributed by atoms with E-state index >= 15 is 0 Å². The number of benzene rings is 1. The van der Waals surface area contributed by atoms with E-state index in [2.05, 4.69) is 69.7 Å². The Morgan fingerprint density at radius 3 is 2.90 bits per heavy atom. The maximum atomic E-state index is 4.68. The third kappa shape index (κ3) is 3.52. The first-order valence-corrected chi connectivity index (χ1v) is 8.41. The number of fused-ring (bicyclic) bond motifs is 1. The molecule has 1 unspecified atom stereocenters. The molecule has 0 bridgehead atoms. The van der Waals surface area contributed by atoms with Crippen LogP contribution in [0.25, 0.3) is 4.96 Å². The van der Waals surface area contributed by atoms with E-state index in [1.54, 1.807) is 11.3 Å². The Balaban J connectivity index is 1.67. The molecule has 0 fully saturated rings. The second kappa shape index (κ2) is 6.87. The molecule has 0 aliphatic carbocycles.